The lowest BCUT2D eigenvalue weighted by Gasteiger charge is -2.14. The van der Waals surface area contributed by atoms with Crippen molar-refractivity contribution in [1.82, 2.24) is 42.8 Å². The number of aryl methyl sites for hydroxylation is 14. The van der Waals surface area contributed by atoms with Crippen LogP contribution in [0.2, 0.25) is 0 Å². The molecular formula is C77H85BBr2F2N14O19S3. The predicted octanol–water partition coefficient (Wildman–Crippen LogP) is 12.9. The standard InChI is InChI=1S/C20H16FN3O2S.C13H8BrFN2O2S.C7H10BNO2.C7H8BrN.C7H8N2O3.C7H10N2.C7H9NO.C7H9N.C2H4O2.HNO3.H2O4S/c1-9-5-11(6-10(2)22-9)13-8-16-14(7-15(13)21)18(25)17-19(26)23-27-20(17)24(16)12-3-4-12;14-7-4-9-6(3-8(7)15)11(18)10-12(19)16-20-13(10)17(9)5-1-2-5;1-5-3-7(8(10)11)4-6(2)9-5;1-5-3-7(8)4-6(2)9-5;1-5-3-7(9(11)12)4-6(2)8(5)10;1-5-3-7(8)4-6(2)9-5;1-6-4-3-5-7(2)8(6)9;1-6-4-3-5-7(2)8-6;1-2(3)4;2-1(3)4;1-5(2,3)4/h5-8,12H,3-4H2,1-2H3,(H,23,26);3-5H,1-2H2,(H,16,19);3-4,10-11H,1-2H3;3-4H,1-2H3;3-4H,1-2H3;3-4H,1-2H3,(H2,8,9);3-5H,1-2H3;3-5H,1-2H3;1H3,(H,3,4);(H,2,3,4);(H2,1,2,3,4). The van der Waals surface area contributed by atoms with Gasteiger partial charge in [-0.15, -0.1) is 10.1 Å². The Bertz CT molecular complexity index is 5920. The van der Waals surface area contributed by atoms with Crippen LogP contribution in [-0.2, 0) is 15.2 Å². The van der Waals surface area contributed by atoms with Crippen molar-refractivity contribution in [2.75, 3.05) is 5.73 Å². The lowest BCUT2D eigenvalue weighted by atomic mass is 9.80. The number of H-pyrrole nitrogens is 2. The van der Waals surface area contributed by atoms with E-state index in [1.54, 1.807) is 50.2 Å². The normalized spacial score (nSPS) is 11.5. The number of aliphatic carboxylic acids is 1. The Hall–Kier alpha value is -11.6. The summed E-state index contributed by atoms with van der Waals surface area (Å²) in [6.07, 6.45) is 3.99. The van der Waals surface area contributed by atoms with E-state index in [-0.39, 0.29) is 39.3 Å². The van der Waals surface area contributed by atoms with Crippen molar-refractivity contribution in [2.45, 2.75) is 142 Å². The van der Waals surface area contributed by atoms with Gasteiger partial charge in [0, 0.05) is 142 Å². The number of aromatic amines is 2. The Labute approximate surface area is 698 Å². The summed E-state index contributed by atoms with van der Waals surface area (Å²) in [5.41, 5.74) is 19.3. The molecule has 13 aromatic rings. The second-order valence-electron chi connectivity index (χ2n) is 26.6. The Morgan fingerprint density at radius 3 is 1.22 bits per heavy atom. The van der Waals surface area contributed by atoms with Crippen molar-refractivity contribution in [2.24, 2.45) is 0 Å². The molecule has 0 unspecified atom stereocenters. The molecule has 2 aromatic carbocycles. The number of halogens is 4. The Morgan fingerprint density at radius 2 is 0.890 bits per heavy atom. The van der Waals surface area contributed by atoms with Crippen LogP contribution in [0, 0.1) is 139 Å². The van der Waals surface area contributed by atoms with Gasteiger partial charge in [0.1, 0.15) is 32.1 Å². The van der Waals surface area contributed by atoms with Gasteiger partial charge in [0.25, 0.3) is 27.9 Å². The van der Waals surface area contributed by atoms with Crippen LogP contribution in [0.1, 0.15) is 124 Å². The van der Waals surface area contributed by atoms with E-state index in [0.29, 0.717) is 52.3 Å². The van der Waals surface area contributed by atoms with Gasteiger partial charge < -0.3 is 45.6 Å². The molecular weight excluding hydrogens is 1730 g/mol. The second-order valence-corrected chi connectivity index (χ2v) is 30.9. The van der Waals surface area contributed by atoms with E-state index in [1.807, 2.05) is 139 Å². The van der Waals surface area contributed by atoms with Crippen molar-refractivity contribution in [3.8, 4) is 11.1 Å². The maximum Gasteiger partial charge on any atom is 0.488 e. The van der Waals surface area contributed by atoms with E-state index in [2.05, 4.69) is 65.5 Å². The summed E-state index contributed by atoms with van der Waals surface area (Å²) in [6.45, 7) is 26.9. The van der Waals surface area contributed by atoms with Crippen LogP contribution in [0.5, 0.6) is 0 Å². The number of nitrogens with one attached hydrogen (secondary N) is 2. The van der Waals surface area contributed by atoms with Gasteiger partial charge in [0.05, 0.1) is 32.6 Å². The Morgan fingerprint density at radius 1 is 0.559 bits per heavy atom. The summed E-state index contributed by atoms with van der Waals surface area (Å²) in [4.78, 5) is 98.7. The smallest absolute Gasteiger partial charge is 0.488 e. The SMILES string of the molecule is CC(=O)O.Cc1cc(-c2cc3c(cc2F)c(=O)c2c(=O)[nH]sc2n3C2CC2)cc(C)n1.Cc1cc(B(O)O)cc(C)n1.Cc1cc(Br)cc(C)n1.Cc1cc(N)cc(C)n1.Cc1cc([N+](=O)[O-])cc(C)[n+]1[O-].Cc1cccc(C)[n+]1[O-].Cc1cccc(C)n1.O=S(=O)(O)O.O=[N+]([O-])O.O=c1[nH]sc2c1c(=O)c1cc(F)c(Br)cc1n2C1CC1. The van der Waals surface area contributed by atoms with Crippen molar-refractivity contribution in [3.05, 3.63) is 293 Å². The summed E-state index contributed by atoms with van der Waals surface area (Å²) in [6, 6.07) is 35.0. The molecule has 0 spiro atoms. The molecule has 626 valence electrons. The number of hydrogen-bond acceptors (Lipinski definition) is 23. The van der Waals surface area contributed by atoms with Crippen LogP contribution in [0.15, 0.2) is 149 Å². The first kappa shape index (κ1) is 97.0. The summed E-state index contributed by atoms with van der Waals surface area (Å²) in [5, 5.41) is 71.7. The third kappa shape index (κ3) is 30.2. The number of nitrogens with zero attached hydrogens (tertiary/aromatic N) is 11. The molecule has 0 aliphatic heterocycles. The number of rotatable bonds is 5. The van der Waals surface area contributed by atoms with E-state index >= 15 is 0 Å². The molecule has 10 N–H and O–H groups in total. The van der Waals surface area contributed by atoms with Crippen LogP contribution >= 0.6 is 54.9 Å². The highest BCUT2D eigenvalue weighted by Gasteiger charge is 2.31. The maximum absolute atomic E-state index is 15.0. The molecule has 0 amide bonds. The first-order chi connectivity index (χ1) is 55.0. The monoisotopic (exact) mass is 1810 g/mol. The van der Waals surface area contributed by atoms with E-state index in [9.17, 15) is 48.5 Å². The number of hydrogen-bond donors (Lipinski definition) is 9. The topological polar surface area (TPSA) is 513 Å². The second kappa shape index (κ2) is 43.6. The van der Waals surface area contributed by atoms with Gasteiger partial charge in [-0.1, -0.05) is 22.0 Å². The molecule has 11 aromatic heterocycles. The molecule has 2 aliphatic rings. The summed E-state index contributed by atoms with van der Waals surface area (Å²) in [7, 11) is -6.06. The number of carboxylic acid groups (broad SMARTS) is 1. The zero-order valence-corrected chi connectivity index (χ0v) is 72.0. The van der Waals surface area contributed by atoms with Gasteiger partial charge in [-0.3, -0.25) is 76.9 Å². The fourth-order valence-corrected chi connectivity index (χ4v) is 14.2. The molecule has 2 saturated carbocycles. The number of carbonyl (C=O) groups is 1. The number of aromatic nitrogens is 11. The van der Waals surface area contributed by atoms with Crippen molar-refractivity contribution in [3.63, 3.8) is 0 Å². The van der Waals surface area contributed by atoms with Gasteiger partial charge in [-0.05, 0) is 236 Å². The van der Waals surface area contributed by atoms with Gasteiger partial charge in [-0.2, -0.15) is 17.9 Å². The largest absolute Gasteiger partial charge is 0.618 e. The fourth-order valence-electron chi connectivity index (χ4n) is 11.3. The predicted molar refractivity (Wildman–Crippen MR) is 455 cm³/mol. The number of nitro groups is 1. The minimum absolute atomic E-state index is 0.0444. The van der Waals surface area contributed by atoms with Crippen LogP contribution in [0.3, 0.4) is 0 Å². The number of carboxylic acids is 1. The highest BCUT2D eigenvalue weighted by Crippen LogP contribution is 2.42. The quantitative estimate of drug-likeness (QED) is 0.0193. The Kier molecular flexibility index (Phi) is 35.8. The van der Waals surface area contributed by atoms with E-state index in [0.717, 1.165) is 133 Å². The van der Waals surface area contributed by atoms with Crippen molar-refractivity contribution in [1.29, 1.82) is 0 Å². The molecule has 2 fully saturated rings. The highest BCUT2D eigenvalue weighted by molar-refractivity contribution is 9.10. The summed E-state index contributed by atoms with van der Waals surface area (Å²) in [5.74, 6) is -1.80. The zero-order chi connectivity index (χ0) is 88.8. The summed E-state index contributed by atoms with van der Waals surface area (Å²) < 4.78 is 72.6. The molecule has 2 aliphatic carbocycles. The number of nitrogens with two attached hydrogens (primary N) is 1. The number of pyridine rings is 9. The molecule has 15 rings (SSSR count). The third-order valence-electron chi connectivity index (χ3n) is 16.1. The number of benzene rings is 2. The van der Waals surface area contributed by atoms with Crippen LogP contribution < -0.4 is 42.6 Å². The number of fused-ring (bicyclic) bond motifs is 4. The molecule has 33 nitrogen and oxygen atoms in total. The zero-order valence-electron chi connectivity index (χ0n) is 66.3. The molecule has 0 radical (unpaired) electrons. The fraction of sp³-hybridized carbons (Fsp3) is 0.273. The molecule has 0 bridgehead atoms. The average molecular weight is 1820 g/mol. The highest BCUT2D eigenvalue weighted by atomic mass is 79.9. The minimum Gasteiger partial charge on any atom is -0.618 e. The molecule has 118 heavy (non-hydrogen) atoms. The van der Waals surface area contributed by atoms with Gasteiger partial charge >= 0.3 is 17.5 Å². The minimum atomic E-state index is -4.67. The van der Waals surface area contributed by atoms with Gasteiger partial charge in [-0.25, -0.2) is 8.78 Å². The molecule has 0 saturated heterocycles. The number of anilines is 1. The average Bonchev–Trinajstić information content (AvgIpc) is 1.54. The van der Waals surface area contributed by atoms with Crippen LogP contribution in [0.25, 0.3) is 53.4 Å². The third-order valence-corrected chi connectivity index (χ3v) is 18.9. The van der Waals surface area contributed by atoms with E-state index < -0.39 is 67.1 Å². The summed E-state index contributed by atoms with van der Waals surface area (Å²) >= 11 is 8.86. The van der Waals surface area contributed by atoms with Crippen LogP contribution in [-0.4, -0.2) is 104 Å². The molecule has 41 heteroatoms. The Balaban J connectivity index is 0.000000244. The van der Waals surface area contributed by atoms with Crippen LogP contribution in [0.4, 0.5) is 20.2 Å². The van der Waals surface area contributed by atoms with E-state index in [4.69, 9.17) is 58.5 Å². The number of nitrogen functional groups attached to an aromatic ring is 1. The van der Waals surface area contributed by atoms with Crippen molar-refractivity contribution < 1.29 is 70.9 Å². The lowest BCUT2D eigenvalue weighted by Crippen LogP contribution is -2.33. The van der Waals surface area contributed by atoms with Gasteiger partial charge in [0.15, 0.2) is 22.8 Å². The molecule has 11 heterocycles. The van der Waals surface area contributed by atoms with Crippen molar-refractivity contribution >= 4 is 137 Å². The van der Waals surface area contributed by atoms with E-state index in [1.165, 1.54) is 49.6 Å². The van der Waals surface area contributed by atoms with Gasteiger partial charge in [0.2, 0.25) is 10.9 Å². The first-order valence-electron chi connectivity index (χ1n) is 35.1. The lowest BCUT2D eigenvalue weighted by molar-refractivity contribution is -0.742. The molecule has 0 atom stereocenters. The first-order valence-corrected chi connectivity index (χ1v) is 39.7. The maximum atomic E-state index is 15.0.